The van der Waals surface area contributed by atoms with Crippen LogP contribution in [0, 0.1) is 11.3 Å². The zero-order chi connectivity index (χ0) is 28.6. The molecule has 0 unspecified atom stereocenters. The minimum atomic E-state index is -4.35. The molecule has 206 valence electrons. The van der Waals surface area contributed by atoms with Crippen molar-refractivity contribution in [3.63, 3.8) is 0 Å². The second kappa shape index (κ2) is 13.0. The lowest BCUT2D eigenvalue weighted by atomic mass is 10.1. The molecule has 0 fully saturated rings. The minimum Gasteiger partial charge on any atom is -0.481 e. The van der Waals surface area contributed by atoms with Crippen molar-refractivity contribution in [3.05, 3.63) is 59.7 Å². The van der Waals surface area contributed by atoms with E-state index in [1.807, 2.05) is 0 Å². The number of guanidine groups is 1. The number of carbonyl (C=O) groups is 3. The first-order chi connectivity index (χ1) is 17.7. The predicted molar refractivity (Wildman–Crippen MR) is 139 cm³/mol. The maximum Gasteiger partial charge on any atom is 0.343 e. The van der Waals surface area contributed by atoms with Crippen molar-refractivity contribution in [3.8, 4) is 5.75 Å². The highest BCUT2D eigenvalue weighted by Gasteiger charge is 2.39. The first-order valence-corrected chi connectivity index (χ1v) is 12.8. The molecular weight excluding hydrogens is 518 g/mol. The number of carboxylic acids is 2. The lowest BCUT2D eigenvalue weighted by molar-refractivity contribution is -0.148. The lowest BCUT2D eigenvalue weighted by Gasteiger charge is -2.32. The Morgan fingerprint density at radius 3 is 2.11 bits per heavy atom. The maximum atomic E-state index is 13.3. The van der Waals surface area contributed by atoms with Crippen molar-refractivity contribution in [1.82, 2.24) is 8.61 Å². The van der Waals surface area contributed by atoms with E-state index in [9.17, 15) is 27.9 Å². The van der Waals surface area contributed by atoms with E-state index in [2.05, 4.69) is 5.32 Å². The van der Waals surface area contributed by atoms with Crippen LogP contribution in [-0.2, 0) is 26.3 Å². The number of rotatable bonds is 13. The van der Waals surface area contributed by atoms with Gasteiger partial charge in [-0.1, -0.05) is 26.0 Å². The third-order valence-electron chi connectivity index (χ3n) is 5.17. The van der Waals surface area contributed by atoms with Crippen molar-refractivity contribution >= 4 is 39.8 Å². The van der Waals surface area contributed by atoms with E-state index in [-0.39, 0.29) is 36.3 Å². The summed E-state index contributed by atoms with van der Waals surface area (Å²) in [6.07, 6.45) is -0.884. The summed E-state index contributed by atoms with van der Waals surface area (Å²) in [7, 11) is -3.08. The topological polar surface area (TPSA) is 203 Å². The van der Waals surface area contributed by atoms with E-state index in [0.717, 1.165) is 4.31 Å². The van der Waals surface area contributed by atoms with Crippen LogP contribution in [-0.4, -0.2) is 70.7 Å². The Hall–Kier alpha value is -4.01. The lowest BCUT2D eigenvalue weighted by Crippen LogP contribution is -2.52. The van der Waals surface area contributed by atoms with Crippen LogP contribution in [0.2, 0.25) is 0 Å². The molecule has 0 saturated carbocycles. The normalized spacial score (nSPS) is 12.4. The summed E-state index contributed by atoms with van der Waals surface area (Å²) in [6, 6.07) is 10.4. The van der Waals surface area contributed by atoms with Gasteiger partial charge in [-0.15, -0.1) is 0 Å². The van der Waals surface area contributed by atoms with Crippen molar-refractivity contribution in [2.75, 3.05) is 18.9 Å². The van der Waals surface area contributed by atoms with Crippen LogP contribution in [0.5, 0.6) is 5.75 Å². The zero-order valence-electron chi connectivity index (χ0n) is 21.1. The third kappa shape index (κ3) is 8.54. The number of esters is 1. The highest BCUT2D eigenvalue weighted by atomic mass is 32.2. The number of aliphatic carboxylic acids is 2. The van der Waals surface area contributed by atoms with Gasteiger partial charge in [0.25, 0.3) is 10.2 Å². The molecule has 13 nitrogen and oxygen atoms in total. The Kier molecular flexibility index (Phi) is 10.3. The van der Waals surface area contributed by atoms with E-state index in [1.165, 1.54) is 31.3 Å². The van der Waals surface area contributed by atoms with Crippen LogP contribution in [0.25, 0.3) is 0 Å². The molecular formula is C24H31N5O8S. The fraction of sp³-hybridized carbons (Fsp3) is 0.333. The quantitative estimate of drug-likeness (QED) is 0.106. The SMILES string of the molecule is CC(C)CN([C@@H](CC(=O)O)C(=O)O)S(=O)(=O)N(C)Cc1ccc(OC(=O)c2ccc(NC(=N)N)cc2)cc1. The number of carboxylic acid groups (broad SMARTS) is 2. The summed E-state index contributed by atoms with van der Waals surface area (Å²) in [5.41, 5.74) is 6.57. The smallest absolute Gasteiger partial charge is 0.343 e. The van der Waals surface area contributed by atoms with Gasteiger partial charge >= 0.3 is 17.9 Å². The number of benzene rings is 2. The molecule has 6 N–H and O–H groups in total. The highest BCUT2D eigenvalue weighted by Crippen LogP contribution is 2.21. The predicted octanol–water partition coefficient (Wildman–Crippen LogP) is 1.77. The number of ether oxygens (including phenoxy) is 1. The van der Waals surface area contributed by atoms with Crippen molar-refractivity contribution in [2.45, 2.75) is 32.9 Å². The van der Waals surface area contributed by atoms with Crippen LogP contribution in [0.15, 0.2) is 48.5 Å². The molecule has 38 heavy (non-hydrogen) atoms. The molecule has 0 aliphatic rings. The average Bonchev–Trinajstić information content (AvgIpc) is 2.82. The summed E-state index contributed by atoms with van der Waals surface area (Å²) in [5.74, 6) is -3.91. The Bertz CT molecular complexity index is 1260. The number of hydrogen-bond acceptors (Lipinski definition) is 7. The molecule has 0 radical (unpaired) electrons. The van der Waals surface area contributed by atoms with Crippen LogP contribution in [0.3, 0.4) is 0 Å². The summed E-state index contributed by atoms with van der Waals surface area (Å²) in [5, 5.41) is 28.4. The van der Waals surface area contributed by atoms with Gasteiger partial charge in [0.15, 0.2) is 5.96 Å². The van der Waals surface area contributed by atoms with Gasteiger partial charge < -0.3 is 26.0 Å². The Morgan fingerprint density at radius 1 is 1.05 bits per heavy atom. The minimum absolute atomic E-state index is 0.144. The number of nitrogens with two attached hydrogens (primary N) is 1. The summed E-state index contributed by atoms with van der Waals surface area (Å²) in [4.78, 5) is 35.3. The summed E-state index contributed by atoms with van der Waals surface area (Å²) >= 11 is 0. The number of anilines is 1. The van der Waals surface area contributed by atoms with Gasteiger partial charge in [-0.3, -0.25) is 15.0 Å². The van der Waals surface area contributed by atoms with E-state index < -0.39 is 40.6 Å². The van der Waals surface area contributed by atoms with Crippen molar-refractivity contribution in [1.29, 1.82) is 5.41 Å². The first kappa shape index (κ1) is 30.2. The molecule has 0 aliphatic carbocycles. The van der Waals surface area contributed by atoms with Gasteiger partial charge in [0, 0.05) is 25.8 Å². The van der Waals surface area contributed by atoms with E-state index in [1.54, 1.807) is 38.1 Å². The Morgan fingerprint density at radius 2 is 1.63 bits per heavy atom. The van der Waals surface area contributed by atoms with E-state index >= 15 is 0 Å². The fourth-order valence-corrected chi connectivity index (χ4v) is 5.05. The molecule has 0 spiro atoms. The highest BCUT2D eigenvalue weighted by molar-refractivity contribution is 7.86. The molecule has 0 aromatic heterocycles. The number of hydrogen-bond donors (Lipinski definition) is 5. The molecule has 0 bridgehead atoms. The van der Waals surface area contributed by atoms with Gasteiger partial charge in [-0.2, -0.15) is 17.0 Å². The molecule has 2 aromatic carbocycles. The maximum absolute atomic E-state index is 13.3. The molecule has 2 aromatic rings. The molecule has 0 aliphatic heterocycles. The van der Waals surface area contributed by atoms with Crippen LogP contribution in [0.4, 0.5) is 5.69 Å². The number of nitrogens with one attached hydrogen (secondary N) is 2. The van der Waals surface area contributed by atoms with Gasteiger partial charge in [-0.25, -0.2) is 4.79 Å². The average molecular weight is 550 g/mol. The van der Waals surface area contributed by atoms with Gasteiger partial charge in [0.05, 0.1) is 12.0 Å². The van der Waals surface area contributed by atoms with Gasteiger partial charge in [0.2, 0.25) is 0 Å². The Balaban J connectivity index is 2.13. The summed E-state index contributed by atoms with van der Waals surface area (Å²) < 4.78 is 33.5. The van der Waals surface area contributed by atoms with Gasteiger partial charge in [-0.05, 0) is 47.9 Å². The number of nitrogens with zero attached hydrogens (tertiary/aromatic N) is 2. The zero-order valence-corrected chi connectivity index (χ0v) is 21.9. The standard InChI is InChI=1S/C24H31N5O8S/c1-15(2)13-29(20(22(32)33)12-21(30)31)38(35,36)28(3)14-16-4-10-19(11-5-16)37-23(34)17-6-8-18(9-7-17)27-24(25)26/h4-11,15,20H,12-14H2,1-3H3,(H,30,31)(H,32,33)(H4,25,26,27)/t20-/m0/s1. The van der Waals surface area contributed by atoms with Crippen molar-refractivity contribution < 1.29 is 37.8 Å². The fourth-order valence-electron chi connectivity index (χ4n) is 3.41. The molecule has 2 rings (SSSR count). The summed E-state index contributed by atoms with van der Waals surface area (Å²) in [6.45, 7) is 3.06. The molecule has 14 heteroatoms. The van der Waals surface area contributed by atoms with Crippen LogP contribution in [0.1, 0.15) is 36.2 Å². The van der Waals surface area contributed by atoms with E-state index in [4.69, 9.17) is 21.0 Å². The second-order valence-electron chi connectivity index (χ2n) is 8.83. The molecule has 1 atom stereocenters. The monoisotopic (exact) mass is 549 g/mol. The molecule has 0 saturated heterocycles. The largest absolute Gasteiger partial charge is 0.481 e. The molecule has 0 amide bonds. The second-order valence-corrected chi connectivity index (χ2v) is 10.8. The van der Waals surface area contributed by atoms with Gasteiger partial charge in [0.1, 0.15) is 11.8 Å². The first-order valence-electron chi connectivity index (χ1n) is 11.4. The number of carbonyl (C=O) groups excluding carboxylic acids is 1. The van der Waals surface area contributed by atoms with Crippen molar-refractivity contribution in [2.24, 2.45) is 11.7 Å². The third-order valence-corrected chi connectivity index (χ3v) is 7.09. The molecule has 0 heterocycles. The van der Waals surface area contributed by atoms with Crippen LogP contribution < -0.4 is 15.8 Å². The van der Waals surface area contributed by atoms with E-state index in [0.29, 0.717) is 15.6 Å². The Labute approximate surface area is 220 Å². The van der Waals surface area contributed by atoms with Crippen LogP contribution >= 0.6 is 0 Å².